The Morgan fingerprint density at radius 3 is 2.83 bits per heavy atom. The van der Waals surface area contributed by atoms with E-state index >= 15 is 0 Å². The molecule has 0 bridgehead atoms. The summed E-state index contributed by atoms with van der Waals surface area (Å²) < 4.78 is 10.1. The van der Waals surface area contributed by atoms with Crippen LogP contribution in [0.2, 0.25) is 0 Å². The first-order valence-electron chi connectivity index (χ1n) is 9.36. The fourth-order valence-electron chi connectivity index (χ4n) is 2.42. The van der Waals surface area contributed by atoms with E-state index in [0.717, 1.165) is 12.8 Å². The van der Waals surface area contributed by atoms with Crippen molar-refractivity contribution in [3.05, 3.63) is 35.2 Å². The lowest BCUT2D eigenvalue weighted by atomic mass is 10.3. The van der Waals surface area contributed by atoms with Gasteiger partial charge in [-0.1, -0.05) is 13.3 Å². The first-order valence-corrected chi connectivity index (χ1v) is 10.2. The lowest BCUT2D eigenvalue weighted by Gasteiger charge is -2.20. The number of ether oxygens (including phenoxy) is 1. The standard InChI is InChI=1S/C19H26N4O5S/c1-3-4-7-20-16(24)11-14-13-29-19(21-14)22-17(25)12-23(8-10-27-2)18(26)15-6-5-9-28-15/h5-6,9,13H,3-4,7-8,10-12H2,1-2H3,(H,20,24)(H,21,22,25). The van der Waals surface area contributed by atoms with Crippen molar-refractivity contribution in [3.63, 3.8) is 0 Å². The molecular weight excluding hydrogens is 396 g/mol. The van der Waals surface area contributed by atoms with Crippen LogP contribution in [0.4, 0.5) is 5.13 Å². The number of hydrogen-bond acceptors (Lipinski definition) is 7. The topological polar surface area (TPSA) is 114 Å². The van der Waals surface area contributed by atoms with Gasteiger partial charge in [-0.25, -0.2) is 4.98 Å². The Hall–Kier alpha value is -2.72. The van der Waals surface area contributed by atoms with Gasteiger partial charge in [0, 0.05) is 25.6 Å². The lowest BCUT2D eigenvalue weighted by Crippen LogP contribution is -2.39. The molecule has 0 aliphatic heterocycles. The fraction of sp³-hybridized carbons (Fsp3) is 0.474. The van der Waals surface area contributed by atoms with Gasteiger partial charge in [-0.15, -0.1) is 11.3 Å². The van der Waals surface area contributed by atoms with Crippen LogP contribution < -0.4 is 10.6 Å². The summed E-state index contributed by atoms with van der Waals surface area (Å²) in [7, 11) is 1.52. The van der Waals surface area contributed by atoms with E-state index in [-0.39, 0.29) is 37.8 Å². The number of nitrogens with zero attached hydrogens (tertiary/aromatic N) is 2. The average molecular weight is 423 g/mol. The molecule has 158 valence electrons. The second-order valence-corrected chi connectivity index (χ2v) is 7.13. The Morgan fingerprint density at radius 1 is 1.31 bits per heavy atom. The molecule has 2 heterocycles. The number of rotatable bonds is 12. The van der Waals surface area contributed by atoms with Gasteiger partial charge in [-0.3, -0.25) is 14.4 Å². The molecule has 0 radical (unpaired) electrons. The Bertz CT molecular complexity index is 790. The first kappa shape index (κ1) is 22.6. The number of thiazole rings is 1. The summed E-state index contributed by atoms with van der Waals surface area (Å²) in [4.78, 5) is 42.3. The number of furan rings is 1. The molecule has 29 heavy (non-hydrogen) atoms. The van der Waals surface area contributed by atoms with Crippen molar-refractivity contribution in [2.24, 2.45) is 0 Å². The third-order valence-electron chi connectivity index (χ3n) is 3.91. The number of amides is 3. The fourth-order valence-corrected chi connectivity index (χ4v) is 3.15. The average Bonchev–Trinajstić information content (AvgIpc) is 3.37. The lowest BCUT2D eigenvalue weighted by molar-refractivity contribution is -0.120. The summed E-state index contributed by atoms with van der Waals surface area (Å²) in [5.74, 6) is -0.740. The molecule has 0 saturated carbocycles. The van der Waals surface area contributed by atoms with E-state index in [1.807, 2.05) is 0 Å². The molecule has 2 N–H and O–H groups in total. The van der Waals surface area contributed by atoms with E-state index in [1.54, 1.807) is 17.5 Å². The predicted molar refractivity (Wildman–Crippen MR) is 109 cm³/mol. The van der Waals surface area contributed by atoms with Gasteiger partial charge in [0.05, 0.1) is 25.0 Å². The van der Waals surface area contributed by atoms with E-state index in [0.29, 0.717) is 17.4 Å². The Morgan fingerprint density at radius 2 is 2.14 bits per heavy atom. The minimum Gasteiger partial charge on any atom is -0.459 e. The van der Waals surface area contributed by atoms with Crippen molar-refractivity contribution in [2.75, 3.05) is 38.7 Å². The van der Waals surface area contributed by atoms with E-state index in [9.17, 15) is 14.4 Å². The Balaban J connectivity index is 1.88. The molecule has 10 heteroatoms. The number of hydrogen-bond donors (Lipinski definition) is 2. The van der Waals surface area contributed by atoms with Crippen molar-refractivity contribution in [2.45, 2.75) is 26.2 Å². The van der Waals surface area contributed by atoms with Gasteiger partial charge in [0.25, 0.3) is 5.91 Å². The molecule has 0 spiro atoms. The smallest absolute Gasteiger partial charge is 0.290 e. The monoisotopic (exact) mass is 422 g/mol. The molecule has 2 aromatic rings. The first-order chi connectivity index (χ1) is 14.0. The van der Waals surface area contributed by atoms with Crippen LogP contribution >= 0.6 is 11.3 Å². The summed E-state index contributed by atoms with van der Waals surface area (Å²) in [6.45, 7) is 3.05. The number of anilines is 1. The number of carbonyl (C=O) groups excluding carboxylic acids is 3. The van der Waals surface area contributed by atoms with Gasteiger partial charge < -0.3 is 24.7 Å². The van der Waals surface area contributed by atoms with E-state index in [4.69, 9.17) is 9.15 Å². The van der Waals surface area contributed by atoms with Crippen LogP contribution in [0.1, 0.15) is 36.0 Å². The van der Waals surface area contributed by atoms with Crippen molar-refractivity contribution >= 4 is 34.2 Å². The zero-order chi connectivity index (χ0) is 21.1. The van der Waals surface area contributed by atoms with Gasteiger partial charge in [0.15, 0.2) is 10.9 Å². The van der Waals surface area contributed by atoms with Gasteiger partial charge >= 0.3 is 0 Å². The minimum atomic E-state index is -0.397. The van der Waals surface area contributed by atoms with Crippen LogP contribution in [-0.4, -0.2) is 61.0 Å². The Labute approximate surface area is 173 Å². The van der Waals surface area contributed by atoms with Crippen molar-refractivity contribution in [3.8, 4) is 0 Å². The SMILES string of the molecule is CCCCNC(=O)Cc1csc(NC(=O)CN(CCOC)C(=O)c2ccco2)n1. The van der Waals surface area contributed by atoms with Crippen LogP contribution in [0.3, 0.4) is 0 Å². The van der Waals surface area contributed by atoms with E-state index < -0.39 is 11.8 Å². The number of methoxy groups -OCH3 is 1. The van der Waals surface area contributed by atoms with Gasteiger partial charge in [-0.05, 0) is 18.6 Å². The van der Waals surface area contributed by atoms with Crippen LogP contribution in [0.15, 0.2) is 28.2 Å². The highest BCUT2D eigenvalue weighted by Crippen LogP contribution is 2.16. The molecule has 0 aliphatic carbocycles. The number of nitrogens with one attached hydrogen (secondary N) is 2. The van der Waals surface area contributed by atoms with Crippen molar-refractivity contribution in [1.29, 1.82) is 0 Å². The van der Waals surface area contributed by atoms with Gasteiger partial charge in [0.1, 0.15) is 6.54 Å². The summed E-state index contributed by atoms with van der Waals surface area (Å²) in [6, 6.07) is 3.15. The van der Waals surface area contributed by atoms with Gasteiger partial charge in [-0.2, -0.15) is 0 Å². The largest absolute Gasteiger partial charge is 0.459 e. The summed E-state index contributed by atoms with van der Waals surface area (Å²) >= 11 is 1.23. The molecule has 0 saturated heterocycles. The molecule has 0 fully saturated rings. The van der Waals surface area contributed by atoms with E-state index in [1.165, 1.54) is 29.6 Å². The van der Waals surface area contributed by atoms with Gasteiger partial charge in [0.2, 0.25) is 11.8 Å². The summed E-state index contributed by atoms with van der Waals surface area (Å²) in [6.07, 6.45) is 3.50. The molecule has 3 amide bonds. The molecule has 0 aliphatic rings. The van der Waals surface area contributed by atoms with E-state index in [2.05, 4.69) is 22.5 Å². The molecule has 2 rings (SSSR count). The van der Waals surface area contributed by atoms with Crippen LogP contribution in [0.25, 0.3) is 0 Å². The zero-order valence-electron chi connectivity index (χ0n) is 16.6. The molecule has 9 nitrogen and oxygen atoms in total. The number of unbranched alkanes of at least 4 members (excludes halogenated alkanes) is 1. The Kier molecular flexibility index (Phi) is 9.32. The highest BCUT2D eigenvalue weighted by atomic mass is 32.1. The molecule has 0 atom stereocenters. The highest BCUT2D eigenvalue weighted by Gasteiger charge is 2.21. The van der Waals surface area contributed by atoms with Crippen molar-refractivity contribution < 1.29 is 23.5 Å². The zero-order valence-corrected chi connectivity index (χ0v) is 17.4. The molecular formula is C19H26N4O5S. The second-order valence-electron chi connectivity index (χ2n) is 6.27. The van der Waals surface area contributed by atoms with Crippen molar-refractivity contribution in [1.82, 2.24) is 15.2 Å². The summed E-state index contributed by atoms with van der Waals surface area (Å²) in [5.41, 5.74) is 0.585. The predicted octanol–water partition coefficient (Wildman–Crippen LogP) is 1.92. The van der Waals surface area contributed by atoms with Crippen LogP contribution in [0.5, 0.6) is 0 Å². The maximum absolute atomic E-state index is 12.5. The maximum Gasteiger partial charge on any atom is 0.290 e. The minimum absolute atomic E-state index is 0.101. The molecule has 0 aromatic carbocycles. The molecule has 2 aromatic heterocycles. The third-order valence-corrected chi connectivity index (χ3v) is 4.72. The number of carbonyl (C=O) groups is 3. The number of aromatic nitrogens is 1. The molecule has 0 unspecified atom stereocenters. The summed E-state index contributed by atoms with van der Waals surface area (Å²) in [5, 5.41) is 7.60. The normalized spacial score (nSPS) is 10.6. The maximum atomic E-state index is 12.5. The second kappa shape index (κ2) is 12.0. The third kappa shape index (κ3) is 7.66. The quantitative estimate of drug-likeness (QED) is 0.505. The van der Waals surface area contributed by atoms with Crippen LogP contribution in [0, 0.1) is 0 Å². The van der Waals surface area contributed by atoms with Crippen LogP contribution in [-0.2, 0) is 20.7 Å². The highest BCUT2D eigenvalue weighted by molar-refractivity contribution is 7.13.